The summed E-state index contributed by atoms with van der Waals surface area (Å²) in [5.74, 6) is -0.360. The van der Waals surface area contributed by atoms with E-state index in [1.54, 1.807) is 24.3 Å². The summed E-state index contributed by atoms with van der Waals surface area (Å²) in [6.45, 7) is -0.504. The molecule has 0 fully saturated rings. The SMILES string of the molecule is N[C@H](C(=O)CO)c1ccccc1. The molecule has 3 N–H and O–H groups in total. The minimum Gasteiger partial charge on any atom is -0.389 e. The largest absolute Gasteiger partial charge is 0.389 e. The number of rotatable bonds is 3. The molecule has 1 aromatic carbocycles. The normalized spacial score (nSPS) is 12.5. The van der Waals surface area contributed by atoms with Crippen molar-refractivity contribution in [2.24, 2.45) is 5.73 Å². The van der Waals surface area contributed by atoms with Crippen molar-refractivity contribution < 1.29 is 9.90 Å². The summed E-state index contributed by atoms with van der Waals surface area (Å²) in [4.78, 5) is 10.9. The molecule has 1 atom stereocenters. The molecule has 0 heterocycles. The number of carbonyl (C=O) groups excluding carboxylic acids is 1. The molecule has 1 aromatic rings. The van der Waals surface area contributed by atoms with Crippen LogP contribution in [0.1, 0.15) is 11.6 Å². The summed E-state index contributed by atoms with van der Waals surface area (Å²) in [7, 11) is 0. The van der Waals surface area contributed by atoms with E-state index in [1.165, 1.54) is 0 Å². The first-order valence-corrected chi connectivity index (χ1v) is 3.70. The van der Waals surface area contributed by atoms with E-state index in [4.69, 9.17) is 10.8 Å². The molecule has 0 radical (unpaired) electrons. The van der Waals surface area contributed by atoms with Crippen molar-refractivity contribution in [1.29, 1.82) is 0 Å². The number of hydrogen-bond donors (Lipinski definition) is 2. The number of aliphatic hydroxyl groups excluding tert-OH is 1. The molecule has 3 nitrogen and oxygen atoms in total. The fourth-order valence-electron chi connectivity index (χ4n) is 0.945. The molecule has 0 saturated heterocycles. The van der Waals surface area contributed by atoms with Crippen molar-refractivity contribution >= 4 is 5.78 Å². The van der Waals surface area contributed by atoms with Crippen molar-refractivity contribution in [3.8, 4) is 0 Å². The van der Waals surface area contributed by atoms with Crippen LogP contribution in [0.15, 0.2) is 30.3 Å². The minimum atomic E-state index is -0.698. The highest BCUT2D eigenvalue weighted by Crippen LogP contribution is 2.09. The first kappa shape index (κ1) is 8.90. The smallest absolute Gasteiger partial charge is 0.179 e. The van der Waals surface area contributed by atoms with Crippen LogP contribution in [0.3, 0.4) is 0 Å². The molecule has 12 heavy (non-hydrogen) atoms. The predicted octanol–water partition coefficient (Wildman–Crippen LogP) is 0.248. The maximum absolute atomic E-state index is 10.9. The van der Waals surface area contributed by atoms with Crippen molar-refractivity contribution in [2.75, 3.05) is 6.61 Å². The summed E-state index contributed by atoms with van der Waals surface area (Å²) < 4.78 is 0. The summed E-state index contributed by atoms with van der Waals surface area (Å²) in [5.41, 5.74) is 6.27. The molecular weight excluding hydrogens is 154 g/mol. The van der Waals surface area contributed by atoms with Crippen LogP contribution in [0.2, 0.25) is 0 Å². The standard InChI is InChI=1S/C9H11NO2/c10-9(8(12)6-11)7-4-2-1-3-5-7/h1-5,9,11H,6,10H2/t9-/m0/s1. The summed E-state index contributed by atoms with van der Waals surface area (Å²) in [5, 5.41) is 8.54. The van der Waals surface area contributed by atoms with Gasteiger partial charge < -0.3 is 10.8 Å². The van der Waals surface area contributed by atoms with Gasteiger partial charge in [-0.3, -0.25) is 4.79 Å². The van der Waals surface area contributed by atoms with E-state index in [2.05, 4.69) is 0 Å². The third-order valence-electron chi connectivity index (χ3n) is 1.66. The Morgan fingerprint density at radius 2 is 2.00 bits per heavy atom. The molecule has 0 aliphatic heterocycles. The van der Waals surface area contributed by atoms with E-state index >= 15 is 0 Å². The van der Waals surface area contributed by atoms with Crippen LogP contribution in [-0.4, -0.2) is 17.5 Å². The average molecular weight is 165 g/mol. The quantitative estimate of drug-likeness (QED) is 0.674. The van der Waals surface area contributed by atoms with Crippen LogP contribution in [0.4, 0.5) is 0 Å². The van der Waals surface area contributed by atoms with E-state index in [1.807, 2.05) is 6.07 Å². The zero-order chi connectivity index (χ0) is 8.97. The summed E-state index contributed by atoms with van der Waals surface area (Å²) >= 11 is 0. The molecule has 0 aromatic heterocycles. The van der Waals surface area contributed by atoms with Crippen LogP contribution < -0.4 is 5.73 Å². The van der Waals surface area contributed by atoms with Gasteiger partial charge in [0.2, 0.25) is 0 Å². The van der Waals surface area contributed by atoms with Gasteiger partial charge >= 0.3 is 0 Å². The Hall–Kier alpha value is -1.19. The number of carbonyl (C=O) groups is 1. The van der Waals surface area contributed by atoms with Crippen LogP contribution >= 0.6 is 0 Å². The van der Waals surface area contributed by atoms with Gasteiger partial charge in [0.05, 0.1) is 6.04 Å². The van der Waals surface area contributed by atoms with Gasteiger partial charge in [0.1, 0.15) is 6.61 Å². The highest BCUT2D eigenvalue weighted by atomic mass is 16.3. The Bertz CT molecular complexity index is 258. The average Bonchev–Trinajstić information content (AvgIpc) is 2.17. The molecule has 0 amide bonds. The van der Waals surface area contributed by atoms with E-state index < -0.39 is 12.6 Å². The minimum absolute atomic E-state index is 0.360. The second-order valence-corrected chi connectivity index (χ2v) is 2.51. The van der Waals surface area contributed by atoms with Crippen molar-refractivity contribution in [2.45, 2.75) is 6.04 Å². The number of hydrogen-bond acceptors (Lipinski definition) is 3. The molecule has 0 saturated carbocycles. The molecule has 0 aliphatic rings. The molecule has 0 aliphatic carbocycles. The van der Waals surface area contributed by atoms with Crippen molar-refractivity contribution in [3.05, 3.63) is 35.9 Å². The number of nitrogens with two attached hydrogens (primary N) is 1. The second kappa shape index (κ2) is 3.99. The lowest BCUT2D eigenvalue weighted by molar-refractivity contribution is -0.123. The number of benzene rings is 1. The van der Waals surface area contributed by atoms with Crippen LogP contribution in [0.5, 0.6) is 0 Å². The topological polar surface area (TPSA) is 63.3 Å². The Labute approximate surface area is 70.8 Å². The number of Topliss-reactive ketones (excluding diaryl/α,β-unsaturated/α-hetero) is 1. The molecule has 0 bridgehead atoms. The first-order chi connectivity index (χ1) is 5.75. The van der Waals surface area contributed by atoms with Crippen LogP contribution in [0.25, 0.3) is 0 Å². The molecule has 64 valence electrons. The lowest BCUT2D eigenvalue weighted by atomic mass is 10.0. The van der Waals surface area contributed by atoms with E-state index in [9.17, 15) is 4.79 Å². The maximum Gasteiger partial charge on any atom is 0.179 e. The number of ketones is 1. The van der Waals surface area contributed by atoms with Gasteiger partial charge in [-0.25, -0.2) is 0 Å². The van der Waals surface area contributed by atoms with Crippen molar-refractivity contribution in [3.63, 3.8) is 0 Å². The molecule has 0 unspecified atom stereocenters. The zero-order valence-electron chi connectivity index (χ0n) is 6.60. The van der Waals surface area contributed by atoms with Gasteiger partial charge in [0, 0.05) is 0 Å². The maximum atomic E-state index is 10.9. The summed E-state index contributed by atoms with van der Waals surface area (Å²) in [6.07, 6.45) is 0. The predicted molar refractivity (Wildman–Crippen MR) is 45.5 cm³/mol. The zero-order valence-corrected chi connectivity index (χ0v) is 6.60. The fraction of sp³-hybridized carbons (Fsp3) is 0.222. The molecule has 3 heteroatoms. The highest BCUT2D eigenvalue weighted by molar-refractivity contribution is 5.85. The van der Waals surface area contributed by atoms with Gasteiger partial charge in [-0.2, -0.15) is 0 Å². The lowest BCUT2D eigenvalue weighted by Gasteiger charge is -2.07. The van der Waals surface area contributed by atoms with Gasteiger partial charge in [0.25, 0.3) is 0 Å². The van der Waals surface area contributed by atoms with Crippen LogP contribution in [-0.2, 0) is 4.79 Å². The summed E-state index contributed by atoms with van der Waals surface area (Å²) in [6, 6.07) is 8.28. The number of aliphatic hydroxyl groups is 1. The third kappa shape index (κ3) is 1.90. The monoisotopic (exact) mass is 165 g/mol. The Morgan fingerprint density at radius 3 is 2.50 bits per heavy atom. The first-order valence-electron chi connectivity index (χ1n) is 3.70. The third-order valence-corrected chi connectivity index (χ3v) is 1.66. The van der Waals surface area contributed by atoms with E-state index in [0.29, 0.717) is 0 Å². The molecular formula is C9H11NO2. The van der Waals surface area contributed by atoms with Gasteiger partial charge in [-0.05, 0) is 5.56 Å². The molecule has 1 rings (SSSR count). The highest BCUT2D eigenvalue weighted by Gasteiger charge is 2.13. The fourth-order valence-corrected chi connectivity index (χ4v) is 0.945. The molecule has 0 spiro atoms. The Morgan fingerprint density at radius 1 is 1.42 bits per heavy atom. The van der Waals surface area contributed by atoms with Crippen molar-refractivity contribution in [1.82, 2.24) is 0 Å². The second-order valence-electron chi connectivity index (χ2n) is 2.51. The van der Waals surface area contributed by atoms with Gasteiger partial charge in [0.15, 0.2) is 5.78 Å². The van der Waals surface area contributed by atoms with Gasteiger partial charge in [-0.15, -0.1) is 0 Å². The Balaban J connectivity index is 2.78. The van der Waals surface area contributed by atoms with E-state index in [0.717, 1.165) is 5.56 Å². The van der Waals surface area contributed by atoms with E-state index in [-0.39, 0.29) is 5.78 Å². The van der Waals surface area contributed by atoms with Crippen LogP contribution in [0, 0.1) is 0 Å². The Kier molecular flexibility index (Phi) is 2.96. The lowest BCUT2D eigenvalue weighted by Crippen LogP contribution is -2.23. The van der Waals surface area contributed by atoms with Gasteiger partial charge in [-0.1, -0.05) is 30.3 Å².